The lowest BCUT2D eigenvalue weighted by atomic mass is 10.1. The van der Waals surface area contributed by atoms with Gasteiger partial charge < -0.3 is 20.3 Å². The van der Waals surface area contributed by atoms with Crippen LogP contribution in [-0.4, -0.2) is 43.5 Å². The fourth-order valence-electron chi connectivity index (χ4n) is 2.37. The maximum atomic E-state index is 12.4. The van der Waals surface area contributed by atoms with Crippen LogP contribution in [-0.2, 0) is 9.53 Å². The van der Waals surface area contributed by atoms with Crippen LogP contribution in [0.5, 0.6) is 0 Å². The number of hydrogen-bond acceptors (Lipinski definition) is 4. The molecule has 1 unspecified atom stereocenters. The molecule has 0 fully saturated rings. The Balaban J connectivity index is 1.94. The molecule has 0 aliphatic carbocycles. The summed E-state index contributed by atoms with van der Waals surface area (Å²) in [6.45, 7) is 1.75. The van der Waals surface area contributed by atoms with Gasteiger partial charge in [-0.1, -0.05) is 30.3 Å². The van der Waals surface area contributed by atoms with Gasteiger partial charge in [-0.2, -0.15) is 0 Å². The van der Waals surface area contributed by atoms with Gasteiger partial charge in [0.2, 0.25) is 0 Å². The molecule has 2 N–H and O–H groups in total. The van der Waals surface area contributed by atoms with Crippen LogP contribution in [0, 0.1) is 0 Å². The molecule has 0 bridgehead atoms. The quantitative estimate of drug-likeness (QED) is 0.767. The summed E-state index contributed by atoms with van der Waals surface area (Å²) in [5.74, 6) is -0.920. The van der Waals surface area contributed by atoms with Crippen molar-refractivity contribution in [3.05, 3.63) is 65.7 Å². The van der Waals surface area contributed by atoms with E-state index < -0.39 is 11.9 Å². The smallest absolute Gasteiger partial charge is 0.325 e. The van der Waals surface area contributed by atoms with Crippen LogP contribution in [0.25, 0.3) is 0 Å². The molecule has 27 heavy (non-hydrogen) atoms. The number of hydrogen-bond donors (Lipinski definition) is 2. The first-order valence-corrected chi connectivity index (χ1v) is 8.46. The summed E-state index contributed by atoms with van der Waals surface area (Å²) < 4.78 is 4.47. The molecule has 0 saturated carbocycles. The Bertz CT molecular complexity index is 791. The molecule has 7 heteroatoms. The Kier molecular flexibility index (Phi) is 6.93. The third-order valence-corrected chi connectivity index (χ3v) is 4.20. The van der Waals surface area contributed by atoms with Gasteiger partial charge in [-0.3, -0.25) is 9.59 Å². The fraction of sp³-hybridized carbons (Fsp3) is 0.250. The van der Waals surface area contributed by atoms with Crippen LogP contribution in [0.4, 0.5) is 10.5 Å². The van der Waals surface area contributed by atoms with Gasteiger partial charge in [0.05, 0.1) is 13.2 Å². The number of carbonyl (C=O) groups excluding carboxylic acids is 3. The molecule has 0 radical (unpaired) electrons. The highest BCUT2D eigenvalue weighted by atomic mass is 16.5. The lowest BCUT2D eigenvalue weighted by Crippen LogP contribution is -2.33. The van der Waals surface area contributed by atoms with Crippen molar-refractivity contribution in [2.75, 3.05) is 26.0 Å². The summed E-state index contributed by atoms with van der Waals surface area (Å²) in [6.07, 6.45) is 0. The van der Waals surface area contributed by atoms with E-state index >= 15 is 0 Å². The number of urea groups is 1. The summed E-state index contributed by atoms with van der Waals surface area (Å²) in [6, 6.07) is 15.8. The van der Waals surface area contributed by atoms with Gasteiger partial charge in [-0.15, -0.1) is 0 Å². The first-order valence-electron chi connectivity index (χ1n) is 8.46. The van der Waals surface area contributed by atoms with Crippen LogP contribution in [0.1, 0.15) is 28.9 Å². The second kappa shape index (κ2) is 9.38. The number of amides is 3. The molecule has 0 aromatic heterocycles. The third kappa shape index (κ3) is 5.57. The number of anilines is 1. The van der Waals surface area contributed by atoms with Gasteiger partial charge in [-0.25, -0.2) is 4.79 Å². The molecular weight excluding hydrogens is 346 g/mol. The van der Waals surface area contributed by atoms with Crippen LogP contribution in [0.3, 0.4) is 0 Å². The van der Waals surface area contributed by atoms with Crippen molar-refractivity contribution in [1.82, 2.24) is 10.2 Å². The zero-order valence-electron chi connectivity index (χ0n) is 15.6. The number of nitrogens with one attached hydrogen (secondary N) is 2. The van der Waals surface area contributed by atoms with Gasteiger partial charge in [0.15, 0.2) is 0 Å². The van der Waals surface area contributed by atoms with Crippen LogP contribution < -0.4 is 10.6 Å². The molecule has 3 amide bonds. The van der Waals surface area contributed by atoms with Gasteiger partial charge in [0, 0.05) is 18.3 Å². The number of methoxy groups -OCH3 is 1. The van der Waals surface area contributed by atoms with E-state index in [0.717, 1.165) is 5.56 Å². The first-order chi connectivity index (χ1) is 12.9. The molecular formula is C20H23N3O4. The molecule has 0 aliphatic heterocycles. The number of nitrogens with zero attached hydrogens (tertiary/aromatic N) is 1. The van der Waals surface area contributed by atoms with E-state index in [1.54, 1.807) is 36.2 Å². The summed E-state index contributed by atoms with van der Waals surface area (Å²) in [4.78, 5) is 37.0. The molecule has 0 saturated heterocycles. The molecule has 2 rings (SSSR count). The topological polar surface area (TPSA) is 87.7 Å². The lowest BCUT2D eigenvalue weighted by molar-refractivity contribution is -0.139. The third-order valence-electron chi connectivity index (χ3n) is 4.20. The molecule has 0 aliphatic rings. The minimum Gasteiger partial charge on any atom is -0.468 e. The monoisotopic (exact) mass is 369 g/mol. The average Bonchev–Trinajstić information content (AvgIpc) is 2.71. The summed E-state index contributed by atoms with van der Waals surface area (Å²) in [7, 11) is 2.98. The van der Waals surface area contributed by atoms with Crippen molar-refractivity contribution in [3.63, 3.8) is 0 Å². The minimum absolute atomic E-state index is 0.0884. The Labute approximate surface area is 158 Å². The van der Waals surface area contributed by atoms with E-state index in [2.05, 4.69) is 15.4 Å². The Morgan fingerprint density at radius 2 is 1.67 bits per heavy atom. The number of rotatable bonds is 6. The summed E-state index contributed by atoms with van der Waals surface area (Å²) in [5.41, 5.74) is 1.98. The molecule has 0 spiro atoms. The van der Waals surface area contributed by atoms with Crippen LogP contribution >= 0.6 is 0 Å². The van der Waals surface area contributed by atoms with Crippen LogP contribution in [0.2, 0.25) is 0 Å². The SMILES string of the molecule is COC(=O)CNC(=O)c1ccc(NC(=O)N(C)C(C)c2ccccc2)cc1. The standard InChI is InChI=1S/C20H23N3O4/c1-14(15-7-5-4-6-8-15)23(2)20(26)22-17-11-9-16(10-12-17)19(25)21-13-18(24)27-3/h4-12,14H,13H2,1-3H3,(H,21,25)(H,22,26). The van der Waals surface area contributed by atoms with E-state index in [4.69, 9.17) is 0 Å². The van der Waals surface area contributed by atoms with E-state index in [1.165, 1.54) is 7.11 Å². The van der Waals surface area contributed by atoms with E-state index in [9.17, 15) is 14.4 Å². The van der Waals surface area contributed by atoms with Crippen LogP contribution in [0.15, 0.2) is 54.6 Å². The Morgan fingerprint density at radius 3 is 2.26 bits per heavy atom. The minimum atomic E-state index is -0.525. The Hall–Kier alpha value is -3.35. The molecule has 142 valence electrons. The molecule has 2 aromatic carbocycles. The van der Waals surface area contributed by atoms with Gasteiger partial charge >= 0.3 is 12.0 Å². The van der Waals surface area contributed by atoms with Crippen molar-refractivity contribution < 1.29 is 19.1 Å². The predicted molar refractivity (Wildman–Crippen MR) is 102 cm³/mol. The molecule has 7 nitrogen and oxygen atoms in total. The van der Waals surface area contributed by atoms with Crippen molar-refractivity contribution in [1.29, 1.82) is 0 Å². The molecule has 2 aromatic rings. The van der Waals surface area contributed by atoms with Gasteiger partial charge in [0.1, 0.15) is 6.54 Å². The highest BCUT2D eigenvalue weighted by Crippen LogP contribution is 2.19. The predicted octanol–water partition coefficient (Wildman–Crippen LogP) is 2.81. The highest BCUT2D eigenvalue weighted by molar-refractivity contribution is 5.97. The first kappa shape index (κ1) is 20.0. The maximum absolute atomic E-state index is 12.4. The molecule has 1 atom stereocenters. The van der Waals surface area contributed by atoms with Crippen molar-refractivity contribution in [2.24, 2.45) is 0 Å². The number of carbonyl (C=O) groups is 3. The normalized spacial score (nSPS) is 11.2. The Morgan fingerprint density at radius 1 is 1.04 bits per heavy atom. The summed E-state index contributed by atoms with van der Waals surface area (Å²) in [5, 5.41) is 5.25. The zero-order valence-corrected chi connectivity index (χ0v) is 15.6. The van der Waals surface area contributed by atoms with Gasteiger partial charge in [0.25, 0.3) is 5.91 Å². The second-order valence-corrected chi connectivity index (χ2v) is 5.96. The number of ether oxygens (including phenoxy) is 1. The van der Waals surface area contributed by atoms with Gasteiger partial charge in [-0.05, 0) is 36.8 Å². The zero-order chi connectivity index (χ0) is 19.8. The largest absolute Gasteiger partial charge is 0.468 e. The van der Waals surface area contributed by atoms with Crippen molar-refractivity contribution >= 4 is 23.6 Å². The van der Waals surface area contributed by atoms with Crippen molar-refractivity contribution in [3.8, 4) is 0 Å². The number of benzene rings is 2. The molecule has 0 heterocycles. The highest BCUT2D eigenvalue weighted by Gasteiger charge is 2.17. The van der Waals surface area contributed by atoms with E-state index in [-0.39, 0.29) is 18.6 Å². The maximum Gasteiger partial charge on any atom is 0.325 e. The average molecular weight is 369 g/mol. The summed E-state index contributed by atoms with van der Waals surface area (Å²) >= 11 is 0. The van der Waals surface area contributed by atoms with Crippen molar-refractivity contribution in [2.45, 2.75) is 13.0 Å². The van der Waals surface area contributed by atoms with E-state index in [1.807, 2.05) is 37.3 Å². The number of esters is 1. The fourth-order valence-corrected chi connectivity index (χ4v) is 2.37. The van der Waals surface area contributed by atoms with E-state index in [0.29, 0.717) is 11.3 Å². The lowest BCUT2D eigenvalue weighted by Gasteiger charge is -2.25. The second-order valence-electron chi connectivity index (χ2n) is 5.96.